The highest BCUT2D eigenvalue weighted by Gasteiger charge is 2.16. The van der Waals surface area contributed by atoms with E-state index in [-0.39, 0.29) is 10.6 Å². The normalized spacial score (nSPS) is 10.6. The monoisotopic (exact) mass is 380 g/mol. The van der Waals surface area contributed by atoms with Gasteiger partial charge in [-0.3, -0.25) is 10.1 Å². The van der Waals surface area contributed by atoms with Gasteiger partial charge in [-0.1, -0.05) is 11.6 Å². The molecule has 0 aliphatic rings. The molecule has 4 nitrogen and oxygen atoms in total. The zero-order valence-electron chi connectivity index (χ0n) is 12.8. The van der Waals surface area contributed by atoms with Gasteiger partial charge in [-0.25, -0.2) is 13.8 Å². The van der Waals surface area contributed by atoms with Gasteiger partial charge in [-0.05, 0) is 36.4 Å². The number of methoxy groups -OCH3 is 1. The highest BCUT2D eigenvalue weighted by Crippen LogP contribution is 2.27. The van der Waals surface area contributed by atoms with Gasteiger partial charge < -0.3 is 4.74 Å². The fourth-order valence-corrected chi connectivity index (χ4v) is 3.04. The molecule has 1 heterocycles. The van der Waals surface area contributed by atoms with Gasteiger partial charge in [0.15, 0.2) is 16.8 Å². The molecule has 3 rings (SSSR count). The number of anilines is 1. The Balaban J connectivity index is 1.79. The average Bonchev–Trinajstić information content (AvgIpc) is 3.06. The number of amides is 1. The Labute approximate surface area is 151 Å². The van der Waals surface area contributed by atoms with Crippen molar-refractivity contribution in [3.05, 3.63) is 64.0 Å². The largest absolute Gasteiger partial charge is 0.497 e. The third kappa shape index (κ3) is 3.78. The molecule has 0 saturated heterocycles. The molecule has 0 bridgehead atoms. The average molecular weight is 381 g/mol. The smallest absolute Gasteiger partial charge is 0.259 e. The molecule has 8 heteroatoms. The molecule has 0 fully saturated rings. The highest BCUT2D eigenvalue weighted by atomic mass is 35.5. The molecular weight excluding hydrogens is 370 g/mol. The first-order chi connectivity index (χ1) is 12.0. The fraction of sp³-hybridized carbons (Fsp3) is 0.0588. The van der Waals surface area contributed by atoms with Gasteiger partial charge >= 0.3 is 0 Å². The minimum atomic E-state index is -1.15. The number of carbonyl (C=O) groups excluding carboxylic acids is 1. The van der Waals surface area contributed by atoms with E-state index in [1.165, 1.54) is 11.3 Å². The van der Waals surface area contributed by atoms with Gasteiger partial charge in [-0.2, -0.15) is 0 Å². The van der Waals surface area contributed by atoms with Crippen LogP contribution in [0.25, 0.3) is 11.3 Å². The summed E-state index contributed by atoms with van der Waals surface area (Å²) in [5, 5.41) is 4.44. The van der Waals surface area contributed by atoms with Crippen molar-refractivity contribution in [2.45, 2.75) is 0 Å². The summed E-state index contributed by atoms with van der Waals surface area (Å²) in [6.07, 6.45) is 0. The second-order valence-electron chi connectivity index (χ2n) is 4.97. The van der Waals surface area contributed by atoms with Crippen LogP contribution in [0.3, 0.4) is 0 Å². The fourth-order valence-electron chi connectivity index (χ4n) is 2.09. The number of benzene rings is 2. The van der Waals surface area contributed by atoms with Gasteiger partial charge in [0, 0.05) is 10.9 Å². The molecule has 128 valence electrons. The van der Waals surface area contributed by atoms with Gasteiger partial charge in [0.2, 0.25) is 0 Å². The van der Waals surface area contributed by atoms with Crippen molar-refractivity contribution in [2.24, 2.45) is 0 Å². The lowest BCUT2D eigenvalue weighted by Gasteiger charge is -2.05. The van der Waals surface area contributed by atoms with Crippen molar-refractivity contribution in [1.82, 2.24) is 4.98 Å². The predicted molar refractivity (Wildman–Crippen MR) is 93.4 cm³/mol. The van der Waals surface area contributed by atoms with E-state index < -0.39 is 17.5 Å². The summed E-state index contributed by atoms with van der Waals surface area (Å²) in [5.74, 6) is -2.20. The van der Waals surface area contributed by atoms with Crippen LogP contribution in [0.4, 0.5) is 13.9 Å². The van der Waals surface area contributed by atoms with Crippen LogP contribution in [0, 0.1) is 11.6 Å². The van der Waals surface area contributed by atoms with Crippen molar-refractivity contribution in [2.75, 3.05) is 12.4 Å². The second kappa shape index (κ2) is 7.16. The molecule has 2 aromatic carbocycles. The summed E-state index contributed by atoms with van der Waals surface area (Å²) in [7, 11) is 1.58. The standard InChI is InChI=1S/C17H11ClF2N2O2S/c1-24-10-4-2-9(3-5-10)15-8-25-17(21-15)22-16(23)11-6-13(19)14(20)7-12(11)18/h2-8H,1H3,(H,21,22,23). The van der Waals surface area contributed by atoms with Gasteiger partial charge in [0.05, 0.1) is 23.4 Å². The lowest BCUT2D eigenvalue weighted by molar-refractivity contribution is 0.102. The maximum Gasteiger partial charge on any atom is 0.259 e. The van der Waals surface area contributed by atoms with Crippen molar-refractivity contribution in [3.63, 3.8) is 0 Å². The second-order valence-corrected chi connectivity index (χ2v) is 6.23. The summed E-state index contributed by atoms with van der Waals surface area (Å²) in [6.45, 7) is 0. The molecular formula is C17H11ClF2N2O2S. The molecule has 0 radical (unpaired) electrons. The molecule has 0 aliphatic carbocycles. The quantitative estimate of drug-likeness (QED) is 0.648. The summed E-state index contributed by atoms with van der Waals surface area (Å²) in [4.78, 5) is 16.5. The lowest BCUT2D eigenvalue weighted by Crippen LogP contribution is -2.13. The Kier molecular flexibility index (Phi) is 4.96. The lowest BCUT2D eigenvalue weighted by atomic mass is 10.2. The minimum Gasteiger partial charge on any atom is -0.497 e. The first-order valence-corrected chi connectivity index (χ1v) is 8.29. The molecule has 1 amide bonds. The number of rotatable bonds is 4. The van der Waals surface area contributed by atoms with Crippen molar-refractivity contribution < 1.29 is 18.3 Å². The molecule has 1 aromatic heterocycles. The number of nitrogens with zero attached hydrogens (tertiary/aromatic N) is 1. The number of nitrogens with one attached hydrogen (secondary N) is 1. The minimum absolute atomic E-state index is 0.165. The Morgan fingerprint density at radius 2 is 1.88 bits per heavy atom. The van der Waals surface area contributed by atoms with Crippen LogP contribution in [0.2, 0.25) is 5.02 Å². The zero-order valence-corrected chi connectivity index (χ0v) is 14.4. The number of hydrogen-bond acceptors (Lipinski definition) is 4. The van der Waals surface area contributed by atoms with Gasteiger partial charge in [0.1, 0.15) is 5.75 Å². The van der Waals surface area contributed by atoms with Crippen molar-refractivity contribution in [3.8, 4) is 17.0 Å². The molecule has 0 aliphatic heterocycles. The van der Waals surface area contributed by atoms with E-state index in [2.05, 4.69) is 10.3 Å². The van der Waals surface area contributed by atoms with Gasteiger partial charge in [-0.15, -0.1) is 11.3 Å². The number of thiazole rings is 1. The van der Waals surface area contributed by atoms with E-state index in [0.29, 0.717) is 10.8 Å². The maximum atomic E-state index is 13.3. The van der Waals surface area contributed by atoms with Crippen molar-refractivity contribution in [1.29, 1.82) is 0 Å². The topological polar surface area (TPSA) is 51.2 Å². The van der Waals surface area contributed by atoms with Gasteiger partial charge in [0.25, 0.3) is 5.91 Å². The van der Waals surface area contributed by atoms with E-state index in [4.69, 9.17) is 16.3 Å². The molecule has 0 atom stereocenters. The first kappa shape index (κ1) is 17.3. The number of aromatic nitrogens is 1. The maximum absolute atomic E-state index is 13.3. The molecule has 25 heavy (non-hydrogen) atoms. The van der Waals surface area contributed by atoms with Crippen LogP contribution in [0.1, 0.15) is 10.4 Å². The zero-order chi connectivity index (χ0) is 18.0. The highest BCUT2D eigenvalue weighted by molar-refractivity contribution is 7.14. The number of ether oxygens (including phenoxy) is 1. The summed E-state index contributed by atoms with van der Waals surface area (Å²) in [5.41, 5.74) is 1.35. The van der Waals surface area contributed by atoms with E-state index in [1.807, 2.05) is 12.1 Å². The number of halogens is 3. The van der Waals surface area contributed by atoms with Crippen LogP contribution in [-0.2, 0) is 0 Å². The van der Waals surface area contributed by atoms with E-state index >= 15 is 0 Å². The Hall–Kier alpha value is -2.51. The number of hydrogen-bond donors (Lipinski definition) is 1. The Morgan fingerprint density at radius 1 is 1.20 bits per heavy atom. The van der Waals surface area contributed by atoms with Crippen LogP contribution in [0.5, 0.6) is 5.75 Å². The Morgan fingerprint density at radius 3 is 2.56 bits per heavy atom. The molecule has 0 unspecified atom stereocenters. The molecule has 0 spiro atoms. The van der Waals surface area contributed by atoms with E-state index in [1.54, 1.807) is 24.6 Å². The Bertz CT molecular complexity index is 929. The molecule has 0 saturated carbocycles. The number of carbonyl (C=O) groups is 1. The van der Waals surface area contributed by atoms with Crippen LogP contribution >= 0.6 is 22.9 Å². The van der Waals surface area contributed by atoms with Crippen LogP contribution in [0.15, 0.2) is 41.8 Å². The summed E-state index contributed by atoms with van der Waals surface area (Å²) < 4.78 is 31.5. The third-order valence-electron chi connectivity index (χ3n) is 3.37. The molecule has 1 N–H and O–H groups in total. The summed E-state index contributed by atoms with van der Waals surface area (Å²) in [6, 6.07) is 8.79. The van der Waals surface area contributed by atoms with E-state index in [9.17, 15) is 13.6 Å². The van der Waals surface area contributed by atoms with Crippen LogP contribution < -0.4 is 10.1 Å². The third-order valence-corrected chi connectivity index (χ3v) is 4.44. The first-order valence-electron chi connectivity index (χ1n) is 7.04. The van der Waals surface area contributed by atoms with Crippen LogP contribution in [-0.4, -0.2) is 18.0 Å². The van der Waals surface area contributed by atoms with E-state index in [0.717, 1.165) is 23.4 Å². The predicted octanol–water partition coefficient (Wildman–Crippen LogP) is 5.00. The summed E-state index contributed by atoms with van der Waals surface area (Å²) >= 11 is 7.00. The van der Waals surface area contributed by atoms with Crippen molar-refractivity contribution >= 4 is 34.0 Å². The SMILES string of the molecule is COc1ccc(-c2csc(NC(=O)c3cc(F)c(F)cc3Cl)n2)cc1. The molecule has 3 aromatic rings.